The number of likely N-dealkylation sites (N-methyl/N-ethyl adjacent to an activating group) is 1. The second-order valence-corrected chi connectivity index (χ2v) is 2.64. The molecule has 0 spiro atoms. The molecule has 0 amide bonds. The summed E-state index contributed by atoms with van der Waals surface area (Å²) in [6.07, 6.45) is 1.53. The lowest BCUT2D eigenvalue weighted by atomic mass is 10.1. The Labute approximate surface area is 60.0 Å². The first kappa shape index (κ1) is 7.47. The van der Waals surface area contributed by atoms with E-state index in [0.717, 1.165) is 6.42 Å². The van der Waals surface area contributed by atoms with Gasteiger partial charge in [-0.15, -0.1) is 0 Å². The Kier molecular flexibility index (Phi) is 2.21. The third kappa shape index (κ3) is 1.67. The van der Waals surface area contributed by atoms with Gasteiger partial charge in [0.05, 0.1) is 6.54 Å². The summed E-state index contributed by atoms with van der Waals surface area (Å²) in [5, 5.41) is 10.3. The first-order valence-corrected chi connectivity index (χ1v) is 3.37. The van der Waals surface area contributed by atoms with Gasteiger partial charge in [0.25, 0.3) is 0 Å². The quantitative estimate of drug-likeness (QED) is 0.397. The molecule has 0 aromatic carbocycles. The minimum absolute atomic E-state index is 0.191. The van der Waals surface area contributed by atoms with E-state index in [4.69, 9.17) is 0 Å². The Balaban J connectivity index is 2.39. The molecule has 0 saturated carbocycles. The Hall–Kier alpha value is -0.640. The van der Waals surface area contributed by atoms with Crippen LogP contribution in [0.15, 0.2) is 0 Å². The van der Waals surface area contributed by atoms with Crippen molar-refractivity contribution in [2.45, 2.75) is 18.9 Å². The van der Waals surface area contributed by atoms with Gasteiger partial charge in [-0.3, -0.25) is 15.0 Å². The van der Waals surface area contributed by atoms with Crippen LogP contribution < -0.4 is 0 Å². The molecule has 4 heteroatoms. The molecule has 10 heavy (non-hydrogen) atoms. The highest BCUT2D eigenvalue weighted by Crippen LogP contribution is 2.13. The highest BCUT2D eigenvalue weighted by molar-refractivity contribution is 4.77. The van der Waals surface area contributed by atoms with E-state index in [1.165, 1.54) is 0 Å². The number of hydrogen-bond acceptors (Lipinski definition) is 3. The van der Waals surface area contributed by atoms with Gasteiger partial charge in [0, 0.05) is 17.9 Å². The van der Waals surface area contributed by atoms with Crippen molar-refractivity contribution >= 4 is 0 Å². The van der Waals surface area contributed by atoms with Crippen LogP contribution in [0.1, 0.15) is 12.8 Å². The van der Waals surface area contributed by atoms with E-state index in [1.54, 1.807) is 0 Å². The molecule has 0 bridgehead atoms. The molecule has 4 nitrogen and oxygen atoms in total. The topological polar surface area (TPSA) is 46.4 Å². The maximum Gasteiger partial charge on any atom is 0.225 e. The second kappa shape index (κ2) is 2.96. The van der Waals surface area contributed by atoms with Crippen LogP contribution in [0.25, 0.3) is 0 Å². The summed E-state index contributed by atoms with van der Waals surface area (Å²) in [5.74, 6) is 0. The standard InChI is InChI=1S/C6H11N2O2/c1-7-4-2-3-6(5-7)8(9)10/h4,6H,2-3,5H2,1H3. The van der Waals surface area contributed by atoms with Gasteiger partial charge in [-0.2, -0.15) is 0 Å². The fraction of sp³-hybridized carbons (Fsp3) is 0.833. The number of piperidine rings is 1. The van der Waals surface area contributed by atoms with Crippen molar-refractivity contribution in [2.75, 3.05) is 13.6 Å². The third-order valence-electron chi connectivity index (χ3n) is 1.74. The minimum atomic E-state index is -0.352. The molecular weight excluding hydrogens is 132 g/mol. The molecule has 1 atom stereocenters. The maximum atomic E-state index is 10.3. The molecule has 1 rings (SSSR count). The van der Waals surface area contributed by atoms with Crippen molar-refractivity contribution < 1.29 is 4.92 Å². The van der Waals surface area contributed by atoms with Gasteiger partial charge >= 0.3 is 0 Å². The molecule has 1 unspecified atom stereocenters. The van der Waals surface area contributed by atoms with E-state index in [1.807, 2.05) is 18.5 Å². The Morgan fingerprint density at radius 2 is 2.50 bits per heavy atom. The average Bonchev–Trinajstić information content (AvgIpc) is 1.88. The van der Waals surface area contributed by atoms with Crippen molar-refractivity contribution in [3.63, 3.8) is 0 Å². The molecule has 0 aromatic heterocycles. The van der Waals surface area contributed by atoms with Gasteiger partial charge in [0.15, 0.2) is 0 Å². The van der Waals surface area contributed by atoms with Crippen molar-refractivity contribution in [3.8, 4) is 0 Å². The summed E-state index contributed by atoms with van der Waals surface area (Å²) >= 11 is 0. The summed E-state index contributed by atoms with van der Waals surface area (Å²) in [5.41, 5.74) is 0. The van der Waals surface area contributed by atoms with Crippen LogP contribution in [0.5, 0.6) is 0 Å². The SMILES string of the molecule is CN1[CH]CCC([N+](=O)[O-])C1. The molecule has 1 saturated heterocycles. The summed E-state index contributed by atoms with van der Waals surface area (Å²) in [6.45, 7) is 2.56. The highest BCUT2D eigenvalue weighted by Gasteiger charge is 2.25. The van der Waals surface area contributed by atoms with E-state index >= 15 is 0 Å². The van der Waals surface area contributed by atoms with Gasteiger partial charge in [0.1, 0.15) is 0 Å². The number of likely N-dealkylation sites (tertiary alicyclic amines) is 1. The Morgan fingerprint density at radius 1 is 1.80 bits per heavy atom. The Bertz CT molecular complexity index is 138. The molecular formula is C6H11N2O2. The zero-order chi connectivity index (χ0) is 7.56. The average molecular weight is 143 g/mol. The van der Waals surface area contributed by atoms with Crippen LogP contribution in [0, 0.1) is 16.7 Å². The zero-order valence-electron chi connectivity index (χ0n) is 5.99. The van der Waals surface area contributed by atoms with E-state index in [9.17, 15) is 10.1 Å². The first-order chi connectivity index (χ1) is 4.70. The normalized spacial score (nSPS) is 28.3. The molecule has 0 aromatic rings. The predicted molar refractivity (Wildman–Crippen MR) is 36.9 cm³/mol. The van der Waals surface area contributed by atoms with Gasteiger partial charge < -0.3 is 0 Å². The highest BCUT2D eigenvalue weighted by atomic mass is 16.6. The number of nitro groups is 1. The van der Waals surface area contributed by atoms with E-state index in [2.05, 4.69) is 0 Å². The van der Waals surface area contributed by atoms with Crippen LogP contribution in [-0.2, 0) is 0 Å². The molecule has 1 fully saturated rings. The summed E-state index contributed by atoms with van der Waals surface area (Å²) in [4.78, 5) is 12.0. The van der Waals surface area contributed by atoms with E-state index in [0.29, 0.717) is 13.0 Å². The molecule has 1 aliphatic rings. The van der Waals surface area contributed by atoms with Crippen LogP contribution in [-0.4, -0.2) is 29.5 Å². The summed E-state index contributed by atoms with van der Waals surface area (Å²) in [6, 6.07) is -0.352. The van der Waals surface area contributed by atoms with E-state index in [-0.39, 0.29) is 11.0 Å². The number of nitrogens with zero attached hydrogens (tertiary/aromatic N) is 2. The lowest BCUT2D eigenvalue weighted by Gasteiger charge is -2.23. The monoisotopic (exact) mass is 143 g/mol. The zero-order valence-corrected chi connectivity index (χ0v) is 5.99. The maximum absolute atomic E-state index is 10.3. The lowest BCUT2D eigenvalue weighted by molar-refractivity contribution is -0.525. The second-order valence-electron chi connectivity index (χ2n) is 2.64. The third-order valence-corrected chi connectivity index (χ3v) is 1.74. The van der Waals surface area contributed by atoms with Crippen molar-refractivity contribution in [2.24, 2.45) is 0 Å². The van der Waals surface area contributed by atoms with Crippen molar-refractivity contribution in [1.29, 1.82) is 0 Å². The largest absolute Gasteiger partial charge is 0.295 e. The van der Waals surface area contributed by atoms with Crippen LogP contribution in [0.4, 0.5) is 0 Å². The van der Waals surface area contributed by atoms with E-state index < -0.39 is 0 Å². The molecule has 1 aliphatic heterocycles. The number of hydrogen-bond donors (Lipinski definition) is 0. The molecule has 0 N–H and O–H groups in total. The lowest BCUT2D eigenvalue weighted by Crippen LogP contribution is -2.37. The summed E-state index contributed by atoms with van der Waals surface area (Å²) < 4.78 is 0. The molecule has 1 radical (unpaired) electrons. The summed E-state index contributed by atoms with van der Waals surface area (Å²) in [7, 11) is 1.87. The van der Waals surface area contributed by atoms with Crippen molar-refractivity contribution in [3.05, 3.63) is 16.7 Å². The molecule has 1 heterocycles. The number of rotatable bonds is 1. The smallest absolute Gasteiger partial charge is 0.225 e. The molecule has 0 aliphatic carbocycles. The fourth-order valence-corrected chi connectivity index (χ4v) is 1.16. The fourth-order valence-electron chi connectivity index (χ4n) is 1.16. The van der Waals surface area contributed by atoms with Crippen LogP contribution in [0.3, 0.4) is 0 Å². The molecule has 57 valence electrons. The predicted octanol–water partition coefficient (Wildman–Crippen LogP) is 0.519. The van der Waals surface area contributed by atoms with Crippen LogP contribution >= 0.6 is 0 Å². The van der Waals surface area contributed by atoms with Gasteiger partial charge in [-0.1, -0.05) is 0 Å². The first-order valence-electron chi connectivity index (χ1n) is 3.37. The van der Waals surface area contributed by atoms with Crippen molar-refractivity contribution in [1.82, 2.24) is 4.90 Å². The van der Waals surface area contributed by atoms with Gasteiger partial charge in [0.2, 0.25) is 6.04 Å². The Morgan fingerprint density at radius 3 is 2.90 bits per heavy atom. The van der Waals surface area contributed by atoms with Crippen LogP contribution in [0.2, 0.25) is 0 Å². The minimum Gasteiger partial charge on any atom is -0.295 e. The van der Waals surface area contributed by atoms with Gasteiger partial charge in [-0.25, -0.2) is 0 Å². The van der Waals surface area contributed by atoms with Gasteiger partial charge in [-0.05, 0) is 13.5 Å².